The Morgan fingerprint density at radius 1 is 1.33 bits per heavy atom. The number of hydrogen-bond donors (Lipinski definition) is 2. The van der Waals surface area contributed by atoms with Crippen molar-refractivity contribution in [3.05, 3.63) is 42.2 Å². The minimum Gasteiger partial charge on any atom is -0.329 e. The van der Waals surface area contributed by atoms with Crippen LogP contribution in [0.25, 0.3) is 0 Å². The Hall–Kier alpha value is -1.33. The highest BCUT2D eigenvalue weighted by atomic mass is 32.2. The smallest absolute Gasteiger partial charge is 0.184 e. The van der Waals surface area contributed by atoms with E-state index >= 15 is 0 Å². The summed E-state index contributed by atoms with van der Waals surface area (Å²) >= 11 is 1.59. The molecule has 78 valence electrons. The number of aromatic amines is 1. The van der Waals surface area contributed by atoms with Crippen molar-refractivity contribution in [2.24, 2.45) is 5.73 Å². The molecule has 5 heteroatoms. The van der Waals surface area contributed by atoms with Gasteiger partial charge in [0.2, 0.25) is 0 Å². The first-order valence-electron chi connectivity index (χ1n) is 4.67. The van der Waals surface area contributed by atoms with Crippen molar-refractivity contribution in [2.45, 2.75) is 10.4 Å². The Labute approximate surface area is 92.3 Å². The lowest BCUT2D eigenvalue weighted by Crippen LogP contribution is -2.09. The van der Waals surface area contributed by atoms with Gasteiger partial charge in [-0.3, -0.25) is 5.10 Å². The van der Waals surface area contributed by atoms with Crippen molar-refractivity contribution in [1.29, 1.82) is 0 Å². The van der Waals surface area contributed by atoms with Crippen molar-refractivity contribution < 1.29 is 0 Å². The van der Waals surface area contributed by atoms with Crippen molar-refractivity contribution in [1.82, 2.24) is 15.2 Å². The van der Waals surface area contributed by atoms with Crippen LogP contribution in [0, 0.1) is 0 Å². The molecule has 1 atom stereocenters. The van der Waals surface area contributed by atoms with Crippen molar-refractivity contribution in [3.8, 4) is 0 Å². The molecule has 0 aliphatic carbocycles. The van der Waals surface area contributed by atoms with Crippen LogP contribution in [0.5, 0.6) is 0 Å². The van der Waals surface area contributed by atoms with Crippen LogP contribution in [0.4, 0.5) is 0 Å². The minimum atomic E-state index is 0.221. The largest absolute Gasteiger partial charge is 0.329 e. The molecule has 1 aromatic carbocycles. The van der Waals surface area contributed by atoms with Gasteiger partial charge in [-0.05, 0) is 5.56 Å². The van der Waals surface area contributed by atoms with E-state index in [1.807, 2.05) is 18.2 Å². The molecule has 3 N–H and O–H groups in total. The molecule has 0 aliphatic rings. The molecule has 2 rings (SSSR count). The molecule has 1 unspecified atom stereocenters. The maximum absolute atomic E-state index is 5.74. The van der Waals surface area contributed by atoms with Gasteiger partial charge in [-0.2, -0.15) is 5.10 Å². The second-order valence-corrected chi connectivity index (χ2v) is 4.23. The lowest BCUT2D eigenvalue weighted by Gasteiger charge is -2.12. The Balaban J connectivity index is 2.12. The highest BCUT2D eigenvalue weighted by Gasteiger charge is 2.12. The van der Waals surface area contributed by atoms with Crippen LogP contribution in [0.1, 0.15) is 10.8 Å². The number of thioether (sulfide) groups is 1. The monoisotopic (exact) mass is 220 g/mol. The fourth-order valence-electron chi connectivity index (χ4n) is 1.31. The second kappa shape index (κ2) is 4.95. The van der Waals surface area contributed by atoms with Gasteiger partial charge < -0.3 is 5.73 Å². The molecule has 15 heavy (non-hydrogen) atoms. The summed E-state index contributed by atoms with van der Waals surface area (Å²) in [5, 5.41) is 7.65. The summed E-state index contributed by atoms with van der Waals surface area (Å²) in [5.41, 5.74) is 6.95. The maximum Gasteiger partial charge on any atom is 0.184 e. The first-order chi connectivity index (χ1) is 7.40. The quantitative estimate of drug-likeness (QED) is 0.768. The number of H-pyrrole nitrogens is 1. The molecule has 0 saturated heterocycles. The topological polar surface area (TPSA) is 67.6 Å². The zero-order valence-corrected chi connectivity index (χ0v) is 8.95. The zero-order valence-electron chi connectivity index (χ0n) is 8.13. The fraction of sp³-hybridized carbons (Fsp3) is 0.200. The zero-order chi connectivity index (χ0) is 10.5. The lowest BCUT2D eigenvalue weighted by atomic mass is 10.1. The molecule has 0 spiro atoms. The van der Waals surface area contributed by atoms with Crippen LogP contribution in [0.3, 0.4) is 0 Å². The van der Waals surface area contributed by atoms with E-state index in [2.05, 4.69) is 27.3 Å². The highest BCUT2D eigenvalue weighted by molar-refractivity contribution is 7.99. The first-order valence-corrected chi connectivity index (χ1v) is 5.55. The molecule has 0 fully saturated rings. The molecule has 4 nitrogen and oxygen atoms in total. The molecule has 0 amide bonds. The van der Waals surface area contributed by atoms with Crippen LogP contribution in [0.15, 0.2) is 41.8 Å². The van der Waals surface area contributed by atoms with Crippen LogP contribution in [-0.4, -0.2) is 21.7 Å². The summed E-state index contributed by atoms with van der Waals surface area (Å²) in [6.07, 6.45) is 1.50. The number of benzene rings is 1. The summed E-state index contributed by atoms with van der Waals surface area (Å²) in [6, 6.07) is 10.2. The third kappa shape index (κ3) is 2.57. The van der Waals surface area contributed by atoms with E-state index in [9.17, 15) is 0 Å². The fourth-order valence-corrected chi connectivity index (χ4v) is 2.18. The number of nitrogens with two attached hydrogens (primary N) is 1. The molecule has 1 aromatic heterocycles. The Morgan fingerprint density at radius 2 is 2.13 bits per heavy atom. The van der Waals surface area contributed by atoms with Crippen molar-refractivity contribution in [2.75, 3.05) is 6.54 Å². The average Bonchev–Trinajstić information content (AvgIpc) is 2.80. The van der Waals surface area contributed by atoms with Crippen LogP contribution in [-0.2, 0) is 0 Å². The normalized spacial score (nSPS) is 12.6. The lowest BCUT2D eigenvalue weighted by molar-refractivity contribution is 0.914. The van der Waals surface area contributed by atoms with E-state index in [0.717, 1.165) is 5.16 Å². The summed E-state index contributed by atoms with van der Waals surface area (Å²) in [7, 11) is 0. The molecule has 1 heterocycles. The van der Waals surface area contributed by atoms with Gasteiger partial charge in [0.05, 0.1) is 0 Å². The standard InChI is InChI=1S/C10H12N4S/c11-6-9(8-4-2-1-3-5-8)15-10-12-7-13-14-10/h1-5,7,9H,6,11H2,(H,12,13,14). The van der Waals surface area contributed by atoms with E-state index in [1.54, 1.807) is 11.8 Å². The molecule has 2 aromatic rings. The van der Waals surface area contributed by atoms with Gasteiger partial charge in [-0.15, -0.1) is 0 Å². The van der Waals surface area contributed by atoms with Gasteiger partial charge in [-0.1, -0.05) is 42.1 Å². The van der Waals surface area contributed by atoms with Gasteiger partial charge in [0, 0.05) is 11.8 Å². The molecule has 0 bridgehead atoms. The van der Waals surface area contributed by atoms with E-state index in [0.29, 0.717) is 6.54 Å². The van der Waals surface area contributed by atoms with E-state index in [-0.39, 0.29) is 5.25 Å². The number of nitrogens with zero attached hydrogens (tertiary/aromatic N) is 2. The van der Waals surface area contributed by atoms with E-state index in [4.69, 9.17) is 5.73 Å². The highest BCUT2D eigenvalue weighted by Crippen LogP contribution is 2.31. The van der Waals surface area contributed by atoms with Crippen molar-refractivity contribution >= 4 is 11.8 Å². The van der Waals surface area contributed by atoms with Gasteiger partial charge in [0.1, 0.15) is 6.33 Å². The van der Waals surface area contributed by atoms with E-state index < -0.39 is 0 Å². The third-order valence-electron chi connectivity index (χ3n) is 2.03. The molecule has 0 saturated carbocycles. The molecule has 0 radical (unpaired) electrons. The van der Waals surface area contributed by atoms with E-state index in [1.165, 1.54) is 11.9 Å². The summed E-state index contributed by atoms with van der Waals surface area (Å²) < 4.78 is 0. The summed E-state index contributed by atoms with van der Waals surface area (Å²) in [5.74, 6) is 0. The molecular weight excluding hydrogens is 208 g/mol. The minimum absolute atomic E-state index is 0.221. The number of aromatic nitrogens is 3. The molecule has 0 aliphatic heterocycles. The predicted octanol–water partition coefficient (Wildman–Crippen LogP) is 1.60. The number of rotatable bonds is 4. The average molecular weight is 220 g/mol. The van der Waals surface area contributed by atoms with Gasteiger partial charge in [0.25, 0.3) is 0 Å². The molecular formula is C10H12N4S. The maximum atomic E-state index is 5.74. The summed E-state index contributed by atoms with van der Waals surface area (Å²) in [4.78, 5) is 4.07. The van der Waals surface area contributed by atoms with Gasteiger partial charge in [-0.25, -0.2) is 4.98 Å². The Morgan fingerprint density at radius 3 is 2.73 bits per heavy atom. The number of hydrogen-bond acceptors (Lipinski definition) is 4. The van der Waals surface area contributed by atoms with Gasteiger partial charge >= 0.3 is 0 Å². The van der Waals surface area contributed by atoms with Crippen molar-refractivity contribution in [3.63, 3.8) is 0 Å². The third-order valence-corrected chi connectivity index (χ3v) is 3.20. The summed E-state index contributed by atoms with van der Waals surface area (Å²) in [6.45, 7) is 0.579. The first kappa shape index (κ1) is 10.2. The van der Waals surface area contributed by atoms with Crippen LogP contribution >= 0.6 is 11.8 Å². The van der Waals surface area contributed by atoms with Gasteiger partial charge in [0.15, 0.2) is 5.16 Å². The Kier molecular flexibility index (Phi) is 3.37. The number of nitrogens with one attached hydrogen (secondary N) is 1. The predicted molar refractivity (Wildman–Crippen MR) is 60.5 cm³/mol. The second-order valence-electron chi connectivity index (χ2n) is 3.04. The SMILES string of the molecule is NCC(Sc1ncn[nH]1)c1ccccc1. The van der Waals surface area contributed by atoms with Crippen LogP contribution < -0.4 is 5.73 Å². The van der Waals surface area contributed by atoms with Crippen LogP contribution in [0.2, 0.25) is 0 Å². The Bertz CT molecular complexity index is 387.